The average Bonchev–Trinajstić information content (AvgIpc) is 2.00. The van der Waals surface area contributed by atoms with Gasteiger partial charge in [-0.3, -0.25) is 4.79 Å². The van der Waals surface area contributed by atoms with Gasteiger partial charge in [0.15, 0.2) is 5.12 Å². The Balaban J connectivity index is 3.85. The Morgan fingerprint density at radius 2 is 2.31 bits per heavy atom. The highest BCUT2D eigenvalue weighted by molar-refractivity contribution is 8.13. The maximum Gasteiger partial charge on any atom is 0.191 e. The fourth-order valence-corrected chi connectivity index (χ4v) is 1.76. The van der Waals surface area contributed by atoms with Gasteiger partial charge in [-0.15, -0.1) is 6.58 Å². The minimum Gasteiger partial charge on any atom is -0.390 e. The molecule has 0 fully saturated rings. The van der Waals surface area contributed by atoms with E-state index >= 15 is 0 Å². The van der Waals surface area contributed by atoms with Crippen LogP contribution in [0.1, 0.15) is 33.1 Å². The van der Waals surface area contributed by atoms with E-state index < -0.39 is 5.60 Å². The van der Waals surface area contributed by atoms with Crippen molar-refractivity contribution in [1.82, 2.24) is 0 Å². The summed E-state index contributed by atoms with van der Waals surface area (Å²) in [7, 11) is 0. The fourth-order valence-electron chi connectivity index (χ4n) is 1.02. The Morgan fingerprint density at radius 3 is 2.77 bits per heavy atom. The molecule has 0 aliphatic heterocycles. The van der Waals surface area contributed by atoms with Gasteiger partial charge < -0.3 is 5.11 Å². The number of hydrogen-bond acceptors (Lipinski definition) is 3. The summed E-state index contributed by atoms with van der Waals surface area (Å²) in [6, 6.07) is 0. The Labute approximate surface area is 84.4 Å². The van der Waals surface area contributed by atoms with Gasteiger partial charge >= 0.3 is 0 Å². The van der Waals surface area contributed by atoms with Crippen LogP contribution in [0.3, 0.4) is 0 Å². The molecule has 0 saturated carbocycles. The van der Waals surface area contributed by atoms with Crippen molar-refractivity contribution < 1.29 is 9.90 Å². The van der Waals surface area contributed by atoms with Gasteiger partial charge in [-0.2, -0.15) is 0 Å². The van der Waals surface area contributed by atoms with Crippen LogP contribution in [0, 0.1) is 0 Å². The average molecular weight is 202 g/mol. The van der Waals surface area contributed by atoms with E-state index in [1.807, 2.05) is 6.92 Å². The summed E-state index contributed by atoms with van der Waals surface area (Å²) in [6.07, 6.45) is 3.34. The standard InChI is InChI=1S/C10H18O2S/c1-4-6-7-10(3,12)8-9(11)13-5-2/h4,12H,1,5-8H2,2-3H3. The molecule has 0 aromatic carbocycles. The predicted molar refractivity (Wildman–Crippen MR) is 57.8 cm³/mol. The fraction of sp³-hybridized carbons (Fsp3) is 0.700. The van der Waals surface area contributed by atoms with Crippen LogP contribution in [0.5, 0.6) is 0 Å². The van der Waals surface area contributed by atoms with Gasteiger partial charge in [0, 0.05) is 6.42 Å². The molecule has 3 heteroatoms. The molecule has 0 bridgehead atoms. The van der Waals surface area contributed by atoms with E-state index in [2.05, 4.69) is 6.58 Å². The molecule has 13 heavy (non-hydrogen) atoms. The highest BCUT2D eigenvalue weighted by Crippen LogP contribution is 2.20. The molecule has 0 aromatic rings. The normalized spacial score (nSPS) is 15.0. The molecular weight excluding hydrogens is 184 g/mol. The van der Waals surface area contributed by atoms with Gasteiger partial charge in [0.2, 0.25) is 0 Å². The molecule has 0 spiro atoms. The topological polar surface area (TPSA) is 37.3 Å². The third-order valence-corrected chi connectivity index (χ3v) is 2.47. The number of allylic oxidation sites excluding steroid dienone is 1. The maximum absolute atomic E-state index is 11.2. The van der Waals surface area contributed by atoms with Crippen molar-refractivity contribution in [2.24, 2.45) is 0 Å². The highest BCUT2D eigenvalue weighted by atomic mass is 32.2. The summed E-state index contributed by atoms with van der Waals surface area (Å²) >= 11 is 1.27. The summed E-state index contributed by atoms with van der Waals surface area (Å²) < 4.78 is 0. The largest absolute Gasteiger partial charge is 0.390 e. The van der Waals surface area contributed by atoms with Crippen molar-refractivity contribution in [2.45, 2.75) is 38.7 Å². The zero-order valence-electron chi connectivity index (χ0n) is 8.38. The van der Waals surface area contributed by atoms with E-state index in [9.17, 15) is 9.90 Å². The molecule has 0 aliphatic rings. The third kappa shape index (κ3) is 6.84. The van der Waals surface area contributed by atoms with Gasteiger partial charge in [-0.25, -0.2) is 0 Å². The summed E-state index contributed by atoms with van der Waals surface area (Å²) in [5.74, 6) is 0.774. The first-order valence-electron chi connectivity index (χ1n) is 4.50. The van der Waals surface area contributed by atoms with Crippen LogP contribution in [0.4, 0.5) is 0 Å². The van der Waals surface area contributed by atoms with E-state index in [4.69, 9.17) is 0 Å². The Morgan fingerprint density at radius 1 is 1.69 bits per heavy atom. The molecule has 0 amide bonds. The molecule has 1 atom stereocenters. The van der Waals surface area contributed by atoms with Crippen molar-refractivity contribution in [3.8, 4) is 0 Å². The maximum atomic E-state index is 11.2. The predicted octanol–water partition coefficient (Wildman–Crippen LogP) is 2.37. The minimum atomic E-state index is -0.868. The van der Waals surface area contributed by atoms with Crippen LogP contribution < -0.4 is 0 Å². The van der Waals surface area contributed by atoms with Crippen LogP contribution in [0.15, 0.2) is 12.7 Å². The molecule has 0 heterocycles. The first kappa shape index (κ1) is 12.7. The molecule has 0 radical (unpaired) electrons. The lowest BCUT2D eigenvalue weighted by atomic mass is 9.97. The molecule has 0 aliphatic carbocycles. The number of hydrogen-bond donors (Lipinski definition) is 1. The summed E-state index contributed by atoms with van der Waals surface area (Å²) in [5.41, 5.74) is -0.868. The van der Waals surface area contributed by atoms with E-state index in [0.717, 1.165) is 12.2 Å². The third-order valence-electron chi connectivity index (χ3n) is 1.72. The second-order valence-corrected chi connectivity index (χ2v) is 4.63. The number of aliphatic hydroxyl groups is 1. The number of rotatable bonds is 6. The van der Waals surface area contributed by atoms with Gasteiger partial charge in [-0.05, 0) is 25.5 Å². The van der Waals surface area contributed by atoms with E-state index in [-0.39, 0.29) is 11.5 Å². The number of carbonyl (C=O) groups is 1. The lowest BCUT2D eigenvalue weighted by molar-refractivity contribution is -0.115. The molecule has 76 valence electrons. The van der Waals surface area contributed by atoms with Crippen molar-refractivity contribution in [1.29, 1.82) is 0 Å². The van der Waals surface area contributed by atoms with Gasteiger partial charge in [0.05, 0.1) is 5.60 Å². The smallest absolute Gasteiger partial charge is 0.191 e. The molecular formula is C10H18O2S. The first-order chi connectivity index (χ1) is 6.02. The Bertz CT molecular complexity index is 176. The zero-order chi connectivity index (χ0) is 10.3. The summed E-state index contributed by atoms with van der Waals surface area (Å²) in [6.45, 7) is 7.21. The van der Waals surface area contributed by atoms with Crippen LogP contribution in [0.25, 0.3) is 0 Å². The highest BCUT2D eigenvalue weighted by Gasteiger charge is 2.22. The first-order valence-corrected chi connectivity index (χ1v) is 5.49. The number of carbonyl (C=O) groups excluding carboxylic acids is 1. The molecule has 0 saturated heterocycles. The summed E-state index contributed by atoms with van der Waals surface area (Å²) in [4.78, 5) is 11.2. The van der Waals surface area contributed by atoms with E-state index in [1.165, 1.54) is 11.8 Å². The Kier molecular flexibility index (Phi) is 6.08. The van der Waals surface area contributed by atoms with Crippen molar-refractivity contribution in [3.05, 3.63) is 12.7 Å². The van der Waals surface area contributed by atoms with Crippen LogP contribution in [0.2, 0.25) is 0 Å². The monoisotopic (exact) mass is 202 g/mol. The van der Waals surface area contributed by atoms with Gasteiger partial charge in [0.1, 0.15) is 0 Å². The lowest BCUT2D eigenvalue weighted by Gasteiger charge is -2.21. The lowest BCUT2D eigenvalue weighted by Crippen LogP contribution is -2.26. The Hall–Kier alpha value is -0.280. The molecule has 0 rings (SSSR count). The zero-order valence-corrected chi connectivity index (χ0v) is 9.19. The molecule has 1 N–H and O–H groups in total. The van der Waals surface area contributed by atoms with Crippen molar-refractivity contribution >= 4 is 16.9 Å². The quantitative estimate of drug-likeness (QED) is 0.672. The van der Waals surface area contributed by atoms with E-state index in [1.54, 1.807) is 13.0 Å². The van der Waals surface area contributed by atoms with Gasteiger partial charge in [-0.1, -0.05) is 24.8 Å². The second kappa shape index (κ2) is 6.22. The van der Waals surface area contributed by atoms with Gasteiger partial charge in [0.25, 0.3) is 0 Å². The summed E-state index contributed by atoms with van der Waals surface area (Å²) in [5, 5.41) is 9.83. The molecule has 0 aromatic heterocycles. The molecule has 2 nitrogen and oxygen atoms in total. The van der Waals surface area contributed by atoms with Crippen LogP contribution in [-0.2, 0) is 4.79 Å². The minimum absolute atomic E-state index is 0.0663. The second-order valence-electron chi connectivity index (χ2n) is 3.31. The van der Waals surface area contributed by atoms with Crippen LogP contribution in [-0.4, -0.2) is 21.6 Å². The van der Waals surface area contributed by atoms with E-state index in [0.29, 0.717) is 6.42 Å². The molecule has 1 unspecified atom stereocenters. The van der Waals surface area contributed by atoms with Crippen LogP contribution >= 0.6 is 11.8 Å². The van der Waals surface area contributed by atoms with Crippen molar-refractivity contribution in [3.63, 3.8) is 0 Å². The SMILES string of the molecule is C=CCCC(C)(O)CC(=O)SCC. The number of thioether (sulfide) groups is 1. The van der Waals surface area contributed by atoms with Crippen molar-refractivity contribution in [2.75, 3.05) is 5.75 Å².